The second-order valence-electron chi connectivity index (χ2n) is 5.90. The number of aliphatic imine (C=N–C) groups is 1. The Kier molecular flexibility index (Phi) is 5.05. The van der Waals surface area contributed by atoms with Crippen molar-refractivity contribution in [3.05, 3.63) is 35.9 Å². The summed E-state index contributed by atoms with van der Waals surface area (Å²) in [6, 6.07) is 10.9. The summed E-state index contributed by atoms with van der Waals surface area (Å²) in [7, 11) is 4.17. The van der Waals surface area contributed by atoms with Crippen LogP contribution in [0, 0.1) is 5.92 Å². The monoisotopic (exact) mass is 273 g/mol. The quantitative estimate of drug-likeness (QED) is 0.609. The van der Waals surface area contributed by atoms with Crippen LogP contribution < -0.4 is 0 Å². The Bertz CT molecular complexity index is 439. The number of piperidine rings is 1. The largest absolute Gasteiger partial charge is 0.349 e. The Morgan fingerprint density at radius 3 is 2.55 bits per heavy atom. The number of benzene rings is 1. The summed E-state index contributed by atoms with van der Waals surface area (Å²) in [6.45, 7) is 7.50. The van der Waals surface area contributed by atoms with E-state index in [9.17, 15) is 0 Å². The van der Waals surface area contributed by atoms with Crippen molar-refractivity contribution in [1.82, 2.24) is 9.80 Å². The normalized spacial score (nSPS) is 23.8. The molecule has 0 amide bonds. The molecular weight excluding hydrogens is 246 g/mol. The lowest BCUT2D eigenvalue weighted by Crippen LogP contribution is -2.47. The number of hydrogen-bond acceptors (Lipinski definition) is 1. The van der Waals surface area contributed by atoms with Gasteiger partial charge in [0.15, 0.2) is 5.96 Å². The summed E-state index contributed by atoms with van der Waals surface area (Å²) in [5.41, 5.74) is 1.48. The van der Waals surface area contributed by atoms with Crippen LogP contribution in [0.2, 0.25) is 0 Å². The van der Waals surface area contributed by atoms with Gasteiger partial charge in [-0.25, -0.2) is 0 Å². The third-order valence-electron chi connectivity index (χ3n) is 4.12. The molecule has 1 aromatic rings. The third kappa shape index (κ3) is 3.33. The van der Waals surface area contributed by atoms with E-state index in [1.165, 1.54) is 12.0 Å². The van der Waals surface area contributed by atoms with Crippen LogP contribution >= 0.6 is 0 Å². The van der Waals surface area contributed by atoms with Crippen molar-refractivity contribution < 1.29 is 0 Å². The lowest BCUT2D eigenvalue weighted by Gasteiger charge is -2.40. The maximum absolute atomic E-state index is 4.65. The predicted molar refractivity (Wildman–Crippen MR) is 86.2 cm³/mol. The molecule has 2 rings (SSSR count). The lowest BCUT2D eigenvalue weighted by atomic mass is 9.82. The van der Waals surface area contributed by atoms with Gasteiger partial charge in [-0.3, -0.25) is 4.99 Å². The van der Waals surface area contributed by atoms with Gasteiger partial charge >= 0.3 is 0 Å². The van der Waals surface area contributed by atoms with E-state index in [2.05, 4.69) is 73.1 Å². The molecular formula is C17H27N3. The summed E-state index contributed by atoms with van der Waals surface area (Å²) < 4.78 is 0. The first-order valence-corrected chi connectivity index (χ1v) is 7.65. The first-order valence-electron chi connectivity index (χ1n) is 7.65. The van der Waals surface area contributed by atoms with Crippen molar-refractivity contribution in [1.29, 1.82) is 0 Å². The van der Waals surface area contributed by atoms with E-state index in [4.69, 9.17) is 0 Å². The summed E-state index contributed by atoms with van der Waals surface area (Å²) in [6.07, 6.45) is 1.21. The van der Waals surface area contributed by atoms with E-state index in [1.54, 1.807) is 0 Å². The summed E-state index contributed by atoms with van der Waals surface area (Å²) in [5.74, 6) is 2.47. The van der Waals surface area contributed by atoms with Crippen molar-refractivity contribution >= 4 is 5.96 Å². The van der Waals surface area contributed by atoms with Gasteiger partial charge in [0.25, 0.3) is 0 Å². The fraction of sp³-hybridized carbons (Fsp3) is 0.588. The molecule has 1 heterocycles. The summed E-state index contributed by atoms with van der Waals surface area (Å²) >= 11 is 0. The maximum atomic E-state index is 4.65. The molecule has 1 aliphatic rings. The van der Waals surface area contributed by atoms with Gasteiger partial charge in [-0.15, -0.1) is 0 Å². The highest BCUT2D eigenvalue weighted by Crippen LogP contribution is 2.32. The van der Waals surface area contributed by atoms with Crippen molar-refractivity contribution in [2.75, 3.05) is 33.7 Å². The zero-order chi connectivity index (χ0) is 14.5. The van der Waals surface area contributed by atoms with Crippen LogP contribution in [-0.2, 0) is 0 Å². The molecule has 1 aromatic carbocycles. The molecule has 0 aromatic heterocycles. The summed E-state index contributed by atoms with van der Waals surface area (Å²) in [4.78, 5) is 9.22. The molecule has 0 saturated carbocycles. The maximum Gasteiger partial charge on any atom is 0.196 e. The standard InChI is InChI=1S/C17H27N3/c1-5-18-17(19(3)4)20-12-11-16(14(2)13-20)15-9-7-6-8-10-15/h6-10,14,16H,5,11-13H2,1-4H3. The zero-order valence-corrected chi connectivity index (χ0v) is 13.2. The molecule has 0 radical (unpaired) electrons. The highest BCUT2D eigenvalue weighted by atomic mass is 15.4. The Hall–Kier alpha value is -1.51. The minimum absolute atomic E-state index is 0.660. The Morgan fingerprint density at radius 2 is 2.00 bits per heavy atom. The molecule has 0 N–H and O–H groups in total. The van der Waals surface area contributed by atoms with Gasteiger partial charge < -0.3 is 9.80 Å². The van der Waals surface area contributed by atoms with E-state index in [-0.39, 0.29) is 0 Å². The molecule has 0 aliphatic carbocycles. The molecule has 2 atom stereocenters. The average molecular weight is 273 g/mol. The van der Waals surface area contributed by atoms with Crippen molar-refractivity contribution in [2.45, 2.75) is 26.2 Å². The van der Waals surface area contributed by atoms with Gasteiger partial charge in [0.05, 0.1) is 0 Å². The molecule has 1 fully saturated rings. The first-order chi connectivity index (χ1) is 9.63. The van der Waals surface area contributed by atoms with Gasteiger partial charge in [0, 0.05) is 33.7 Å². The number of rotatable bonds is 2. The van der Waals surface area contributed by atoms with E-state index < -0.39 is 0 Å². The molecule has 1 aliphatic heterocycles. The van der Waals surface area contributed by atoms with Crippen molar-refractivity contribution in [2.24, 2.45) is 10.9 Å². The van der Waals surface area contributed by atoms with Crippen molar-refractivity contribution in [3.8, 4) is 0 Å². The van der Waals surface area contributed by atoms with Crippen LogP contribution in [0.1, 0.15) is 31.7 Å². The molecule has 2 unspecified atom stereocenters. The molecule has 3 heteroatoms. The van der Waals surface area contributed by atoms with Gasteiger partial charge in [0.1, 0.15) is 0 Å². The van der Waals surface area contributed by atoms with E-state index in [1.807, 2.05) is 0 Å². The van der Waals surface area contributed by atoms with Crippen LogP contribution in [0.4, 0.5) is 0 Å². The van der Waals surface area contributed by atoms with E-state index in [0.717, 1.165) is 25.6 Å². The molecule has 110 valence electrons. The Morgan fingerprint density at radius 1 is 1.30 bits per heavy atom. The highest BCUT2D eigenvalue weighted by Gasteiger charge is 2.29. The fourth-order valence-corrected chi connectivity index (χ4v) is 3.19. The topological polar surface area (TPSA) is 18.8 Å². The lowest BCUT2D eigenvalue weighted by molar-refractivity contribution is 0.223. The third-order valence-corrected chi connectivity index (χ3v) is 4.12. The Balaban J connectivity index is 2.07. The fourth-order valence-electron chi connectivity index (χ4n) is 3.19. The minimum atomic E-state index is 0.660. The molecule has 0 bridgehead atoms. The zero-order valence-electron chi connectivity index (χ0n) is 13.2. The SMILES string of the molecule is CCN=C(N(C)C)N1CCC(c2ccccc2)C(C)C1. The second-order valence-corrected chi connectivity index (χ2v) is 5.90. The predicted octanol–water partition coefficient (Wildman–Crippen LogP) is 3.05. The van der Waals surface area contributed by atoms with Crippen molar-refractivity contribution in [3.63, 3.8) is 0 Å². The summed E-state index contributed by atoms with van der Waals surface area (Å²) in [5, 5.41) is 0. The Labute approximate surface area is 123 Å². The van der Waals surface area contributed by atoms with Crippen LogP contribution in [0.5, 0.6) is 0 Å². The number of likely N-dealkylation sites (tertiary alicyclic amines) is 1. The van der Waals surface area contributed by atoms with Crippen LogP contribution in [-0.4, -0.2) is 49.5 Å². The van der Waals surface area contributed by atoms with Gasteiger partial charge in [-0.2, -0.15) is 0 Å². The molecule has 20 heavy (non-hydrogen) atoms. The number of hydrogen-bond donors (Lipinski definition) is 0. The van der Waals surface area contributed by atoms with E-state index in [0.29, 0.717) is 11.8 Å². The van der Waals surface area contributed by atoms with Gasteiger partial charge in [-0.05, 0) is 30.7 Å². The minimum Gasteiger partial charge on any atom is -0.349 e. The van der Waals surface area contributed by atoms with Gasteiger partial charge in [-0.1, -0.05) is 37.3 Å². The number of nitrogens with zero attached hydrogens (tertiary/aromatic N) is 3. The van der Waals surface area contributed by atoms with Crippen LogP contribution in [0.3, 0.4) is 0 Å². The smallest absolute Gasteiger partial charge is 0.196 e. The highest BCUT2D eigenvalue weighted by molar-refractivity contribution is 5.79. The van der Waals surface area contributed by atoms with Crippen LogP contribution in [0.15, 0.2) is 35.3 Å². The molecule has 3 nitrogen and oxygen atoms in total. The second kappa shape index (κ2) is 6.78. The number of guanidine groups is 1. The van der Waals surface area contributed by atoms with Gasteiger partial charge in [0.2, 0.25) is 0 Å². The first kappa shape index (κ1) is 14.9. The van der Waals surface area contributed by atoms with E-state index >= 15 is 0 Å². The molecule has 0 spiro atoms. The average Bonchev–Trinajstić information content (AvgIpc) is 2.45. The van der Waals surface area contributed by atoms with Crippen LogP contribution in [0.25, 0.3) is 0 Å². The molecule has 1 saturated heterocycles.